The zero-order chi connectivity index (χ0) is 14.7. The van der Waals surface area contributed by atoms with E-state index in [0.29, 0.717) is 30.5 Å². The van der Waals surface area contributed by atoms with Crippen molar-refractivity contribution in [2.45, 2.75) is 24.9 Å². The lowest BCUT2D eigenvalue weighted by Gasteiger charge is -2.40. The molecule has 1 aromatic rings. The maximum atomic E-state index is 13.7. The summed E-state index contributed by atoms with van der Waals surface area (Å²) in [4.78, 5) is 13.8. The Hall–Kier alpha value is -0.980. The van der Waals surface area contributed by atoms with Crippen molar-refractivity contribution in [3.8, 4) is 0 Å². The molecule has 2 rings (SSSR count). The molecule has 1 heterocycles. The first-order valence-electron chi connectivity index (χ1n) is 6.53. The number of hydrogen-bond donors (Lipinski definition) is 1. The molecule has 0 saturated carbocycles. The average molecular weight is 345 g/mol. The number of methoxy groups -OCH3 is 1. The van der Waals surface area contributed by atoms with Crippen molar-refractivity contribution < 1.29 is 13.9 Å². The summed E-state index contributed by atoms with van der Waals surface area (Å²) in [5.74, 6) is -0.309. The van der Waals surface area contributed by atoms with Gasteiger partial charge in [-0.05, 0) is 40.0 Å². The van der Waals surface area contributed by atoms with Crippen LogP contribution in [0.25, 0.3) is 0 Å². The van der Waals surface area contributed by atoms with Crippen LogP contribution in [0.5, 0.6) is 0 Å². The van der Waals surface area contributed by atoms with E-state index in [1.54, 1.807) is 24.1 Å². The second-order valence-corrected chi connectivity index (χ2v) is 5.76. The number of hydrogen-bond acceptors (Lipinski definition) is 3. The number of halogens is 2. The van der Waals surface area contributed by atoms with Gasteiger partial charge in [0.2, 0.25) is 5.91 Å². The molecular formula is C14H18BrFN2O2. The van der Waals surface area contributed by atoms with E-state index < -0.39 is 0 Å². The van der Waals surface area contributed by atoms with Gasteiger partial charge in [0.15, 0.2) is 0 Å². The molecule has 0 spiro atoms. The summed E-state index contributed by atoms with van der Waals surface area (Å²) in [6.45, 7) is 0.902. The van der Waals surface area contributed by atoms with Gasteiger partial charge in [-0.15, -0.1) is 0 Å². The number of carbonyl (C=O) groups is 1. The second-order valence-electron chi connectivity index (χ2n) is 4.90. The van der Waals surface area contributed by atoms with Crippen LogP contribution in [0.1, 0.15) is 24.4 Å². The molecule has 0 radical (unpaired) electrons. The van der Waals surface area contributed by atoms with Crippen LogP contribution in [0, 0.1) is 5.82 Å². The zero-order valence-corrected chi connectivity index (χ0v) is 12.9. The monoisotopic (exact) mass is 344 g/mol. The summed E-state index contributed by atoms with van der Waals surface area (Å²) < 4.78 is 19.2. The minimum atomic E-state index is -0.348. The Morgan fingerprint density at radius 1 is 1.55 bits per heavy atom. The summed E-state index contributed by atoms with van der Waals surface area (Å²) in [6.07, 6.45) is 1.05. The molecule has 1 amide bonds. The SMILES string of the molecule is COCCN1C(=O)CCC(N)C1c1ccc(Br)c(F)c1. The molecular weight excluding hydrogens is 327 g/mol. The fraction of sp³-hybridized carbons (Fsp3) is 0.500. The van der Waals surface area contributed by atoms with Gasteiger partial charge in [0, 0.05) is 26.1 Å². The minimum Gasteiger partial charge on any atom is -0.383 e. The molecule has 2 unspecified atom stereocenters. The Balaban J connectivity index is 2.31. The van der Waals surface area contributed by atoms with E-state index in [1.165, 1.54) is 6.07 Å². The summed E-state index contributed by atoms with van der Waals surface area (Å²) >= 11 is 3.13. The van der Waals surface area contributed by atoms with E-state index in [4.69, 9.17) is 10.5 Å². The summed E-state index contributed by atoms with van der Waals surface area (Å²) in [6, 6.07) is 4.40. The number of nitrogens with zero attached hydrogens (tertiary/aromatic N) is 1. The van der Waals surface area contributed by atoms with Gasteiger partial charge >= 0.3 is 0 Å². The van der Waals surface area contributed by atoms with Gasteiger partial charge < -0.3 is 15.4 Å². The molecule has 4 nitrogen and oxygen atoms in total. The molecule has 20 heavy (non-hydrogen) atoms. The Bertz CT molecular complexity index is 498. The lowest BCUT2D eigenvalue weighted by molar-refractivity contribution is -0.138. The van der Waals surface area contributed by atoms with Gasteiger partial charge in [-0.25, -0.2) is 4.39 Å². The first-order valence-corrected chi connectivity index (χ1v) is 7.33. The second kappa shape index (κ2) is 6.65. The largest absolute Gasteiger partial charge is 0.383 e. The van der Waals surface area contributed by atoms with E-state index in [0.717, 1.165) is 5.56 Å². The van der Waals surface area contributed by atoms with E-state index >= 15 is 0 Å². The first kappa shape index (κ1) is 15.4. The number of carbonyl (C=O) groups excluding carboxylic acids is 1. The Labute approximate surface area is 126 Å². The van der Waals surface area contributed by atoms with Crippen molar-refractivity contribution in [3.05, 3.63) is 34.1 Å². The van der Waals surface area contributed by atoms with Crippen molar-refractivity contribution in [1.82, 2.24) is 4.90 Å². The highest BCUT2D eigenvalue weighted by Gasteiger charge is 2.34. The van der Waals surface area contributed by atoms with Gasteiger partial charge in [0.25, 0.3) is 0 Å². The van der Waals surface area contributed by atoms with Gasteiger partial charge in [0.05, 0.1) is 17.1 Å². The minimum absolute atomic E-state index is 0.0390. The number of piperidine rings is 1. The topological polar surface area (TPSA) is 55.6 Å². The van der Waals surface area contributed by atoms with E-state index in [9.17, 15) is 9.18 Å². The fourth-order valence-electron chi connectivity index (χ4n) is 2.55. The molecule has 2 atom stereocenters. The normalized spacial score (nSPS) is 23.2. The number of likely N-dealkylation sites (tertiary alicyclic amines) is 1. The standard InChI is InChI=1S/C14H18BrFN2O2/c1-20-7-6-18-13(19)5-4-12(17)14(18)9-2-3-10(15)11(16)8-9/h2-3,8,12,14H,4-7,17H2,1H3. The lowest BCUT2D eigenvalue weighted by Crippen LogP contribution is -2.49. The van der Waals surface area contributed by atoms with Crippen LogP contribution in [0.2, 0.25) is 0 Å². The summed E-state index contributed by atoms with van der Waals surface area (Å²) in [5, 5.41) is 0. The first-order chi connectivity index (χ1) is 9.54. The quantitative estimate of drug-likeness (QED) is 0.911. The number of rotatable bonds is 4. The van der Waals surface area contributed by atoms with Gasteiger partial charge in [0.1, 0.15) is 5.82 Å². The highest BCUT2D eigenvalue weighted by atomic mass is 79.9. The molecule has 0 aromatic heterocycles. The van der Waals surface area contributed by atoms with E-state index in [1.807, 2.05) is 0 Å². The van der Waals surface area contributed by atoms with Crippen molar-refractivity contribution in [3.63, 3.8) is 0 Å². The molecule has 1 fully saturated rings. The van der Waals surface area contributed by atoms with Crippen molar-refractivity contribution in [1.29, 1.82) is 0 Å². The Kier molecular flexibility index (Phi) is 5.12. The number of ether oxygens (including phenoxy) is 1. The van der Waals surface area contributed by atoms with Crippen LogP contribution in [-0.4, -0.2) is 37.1 Å². The van der Waals surface area contributed by atoms with Crippen LogP contribution >= 0.6 is 15.9 Å². The number of benzene rings is 1. The number of nitrogens with two attached hydrogens (primary N) is 1. The molecule has 0 aliphatic carbocycles. The molecule has 6 heteroatoms. The molecule has 2 N–H and O–H groups in total. The molecule has 0 bridgehead atoms. The van der Waals surface area contributed by atoms with E-state index in [-0.39, 0.29) is 23.8 Å². The van der Waals surface area contributed by atoms with E-state index in [2.05, 4.69) is 15.9 Å². The fourth-order valence-corrected chi connectivity index (χ4v) is 2.80. The van der Waals surface area contributed by atoms with Crippen molar-refractivity contribution in [2.75, 3.05) is 20.3 Å². The molecule has 1 aromatic carbocycles. The van der Waals surface area contributed by atoms with Crippen molar-refractivity contribution in [2.24, 2.45) is 5.73 Å². The van der Waals surface area contributed by atoms with Gasteiger partial charge in [-0.3, -0.25) is 4.79 Å². The molecule has 1 aliphatic heterocycles. The predicted octanol–water partition coefficient (Wildman–Crippen LogP) is 2.23. The zero-order valence-electron chi connectivity index (χ0n) is 11.3. The highest BCUT2D eigenvalue weighted by Crippen LogP contribution is 2.32. The number of amides is 1. The smallest absolute Gasteiger partial charge is 0.223 e. The maximum Gasteiger partial charge on any atom is 0.223 e. The third-order valence-corrected chi connectivity index (χ3v) is 4.22. The average Bonchev–Trinajstić information content (AvgIpc) is 2.43. The third kappa shape index (κ3) is 3.19. The lowest BCUT2D eigenvalue weighted by atomic mass is 9.90. The van der Waals surface area contributed by atoms with Crippen molar-refractivity contribution >= 4 is 21.8 Å². The van der Waals surface area contributed by atoms with Gasteiger partial charge in [-0.2, -0.15) is 0 Å². The Morgan fingerprint density at radius 2 is 2.30 bits per heavy atom. The Morgan fingerprint density at radius 3 is 2.95 bits per heavy atom. The predicted molar refractivity (Wildman–Crippen MR) is 77.6 cm³/mol. The molecule has 110 valence electrons. The third-order valence-electron chi connectivity index (χ3n) is 3.57. The highest BCUT2D eigenvalue weighted by molar-refractivity contribution is 9.10. The van der Waals surface area contributed by atoms with Crippen LogP contribution < -0.4 is 5.73 Å². The van der Waals surface area contributed by atoms with Crippen LogP contribution in [0.3, 0.4) is 0 Å². The molecule has 1 saturated heterocycles. The van der Waals surface area contributed by atoms with Crippen LogP contribution in [0.15, 0.2) is 22.7 Å². The summed E-state index contributed by atoms with van der Waals surface area (Å²) in [7, 11) is 1.59. The summed E-state index contributed by atoms with van der Waals surface area (Å²) in [5.41, 5.74) is 6.88. The maximum absolute atomic E-state index is 13.7. The van der Waals surface area contributed by atoms with Crippen LogP contribution in [0.4, 0.5) is 4.39 Å². The molecule has 1 aliphatic rings. The van der Waals surface area contributed by atoms with Crippen LogP contribution in [-0.2, 0) is 9.53 Å². The van der Waals surface area contributed by atoms with Gasteiger partial charge in [-0.1, -0.05) is 6.07 Å².